The summed E-state index contributed by atoms with van der Waals surface area (Å²) in [4.78, 5) is 11.9. The number of carbonyl (C=O) groups is 1. The van der Waals surface area contributed by atoms with Gasteiger partial charge < -0.3 is 15.8 Å². The first-order chi connectivity index (χ1) is 9.99. The van der Waals surface area contributed by atoms with Gasteiger partial charge in [-0.1, -0.05) is 6.92 Å². The molecular weight excluding hydrogens is 271 g/mol. The number of nitrogens with two attached hydrogens (primary N) is 1. The molecule has 0 bridgehead atoms. The van der Waals surface area contributed by atoms with Crippen molar-refractivity contribution in [3.8, 4) is 5.75 Å². The zero-order valence-electron chi connectivity index (χ0n) is 12.6. The molecule has 0 radical (unpaired) electrons. The number of benzene rings is 1. The Labute approximate surface area is 124 Å². The third-order valence-electron chi connectivity index (χ3n) is 3.63. The first-order valence-electron chi connectivity index (χ1n) is 7.50. The molecule has 2 unspecified atom stereocenters. The van der Waals surface area contributed by atoms with Gasteiger partial charge in [-0.3, -0.25) is 4.79 Å². The van der Waals surface area contributed by atoms with Crippen LogP contribution in [0.5, 0.6) is 5.75 Å². The van der Waals surface area contributed by atoms with E-state index in [4.69, 9.17) is 10.5 Å². The zero-order valence-corrected chi connectivity index (χ0v) is 12.6. The second-order valence-corrected chi connectivity index (χ2v) is 5.67. The molecule has 2 rings (SSSR count). The largest absolute Gasteiger partial charge is 0.481 e. The van der Waals surface area contributed by atoms with E-state index >= 15 is 0 Å². The maximum absolute atomic E-state index is 13.4. The van der Waals surface area contributed by atoms with Gasteiger partial charge in [0.15, 0.2) is 6.10 Å². The standard InChI is InChI=1S/C16H23FN2O2/c1-3-13(18)9-11-8-12(17)4-7-15(11)21-10(2)16(20)19-14-5-6-14/h4,7-8,10,13-14H,3,5-6,9,18H2,1-2H3,(H,19,20). The number of amides is 1. The second kappa shape index (κ2) is 6.89. The van der Waals surface area contributed by atoms with E-state index in [1.165, 1.54) is 12.1 Å². The Hall–Kier alpha value is -1.62. The molecule has 116 valence electrons. The Morgan fingerprint density at radius 2 is 2.24 bits per heavy atom. The van der Waals surface area contributed by atoms with Crippen molar-refractivity contribution in [2.45, 2.75) is 57.7 Å². The molecule has 1 aliphatic carbocycles. The third-order valence-corrected chi connectivity index (χ3v) is 3.63. The van der Waals surface area contributed by atoms with Crippen molar-refractivity contribution >= 4 is 5.91 Å². The lowest BCUT2D eigenvalue weighted by molar-refractivity contribution is -0.127. The summed E-state index contributed by atoms with van der Waals surface area (Å²) in [5, 5.41) is 2.89. The Morgan fingerprint density at radius 3 is 2.86 bits per heavy atom. The van der Waals surface area contributed by atoms with Crippen LogP contribution in [0.2, 0.25) is 0 Å². The van der Waals surface area contributed by atoms with Crippen LogP contribution in [0.25, 0.3) is 0 Å². The molecule has 1 aromatic carbocycles. The van der Waals surface area contributed by atoms with E-state index in [1.54, 1.807) is 13.0 Å². The van der Waals surface area contributed by atoms with Gasteiger partial charge in [-0.2, -0.15) is 0 Å². The Balaban J connectivity index is 2.04. The van der Waals surface area contributed by atoms with E-state index in [-0.39, 0.29) is 17.8 Å². The molecule has 1 aliphatic rings. The van der Waals surface area contributed by atoms with E-state index in [1.807, 2.05) is 6.92 Å². The minimum absolute atomic E-state index is 0.0512. The highest BCUT2D eigenvalue weighted by Crippen LogP contribution is 2.24. The summed E-state index contributed by atoms with van der Waals surface area (Å²) in [5.41, 5.74) is 6.64. The van der Waals surface area contributed by atoms with Gasteiger partial charge in [0.2, 0.25) is 0 Å². The van der Waals surface area contributed by atoms with Crippen LogP contribution in [-0.2, 0) is 11.2 Å². The Morgan fingerprint density at radius 1 is 1.52 bits per heavy atom. The molecule has 0 heterocycles. The molecule has 3 N–H and O–H groups in total. The fraction of sp³-hybridized carbons (Fsp3) is 0.562. The molecule has 4 nitrogen and oxygen atoms in total. The van der Waals surface area contributed by atoms with E-state index in [2.05, 4.69) is 5.32 Å². The predicted octanol–water partition coefficient (Wildman–Crippen LogP) is 2.15. The quantitative estimate of drug-likeness (QED) is 0.810. The van der Waals surface area contributed by atoms with Gasteiger partial charge in [0.1, 0.15) is 11.6 Å². The van der Waals surface area contributed by atoms with Gasteiger partial charge in [-0.05, 0) is 56.4 Å². The van der Waals surface area contributed by atoms with E-state index in [0.29, 0.717) is 23.8 Å². The van der Waals surface area contributed by atoms with Gasteiger partial charge >= 0.3 is 0 Å². The number of nitrogens with one attached hydrogen (secondary N) is 1. The minimum atomic E-state index is -0.604. The van der Waals surface area contributed by atoms with Gasteiger partial charge in [-0.15, -0.1) is 0 Å². The van der Waals surface area contributed by atoms with Crippen molar-refractivity contribution in [1.29, 1.82) is 0 Å². The summed E-state index contributed by atoms with van der Waals surface area (Å²) in [6, 6.07) is 4.57. The van der Waals surface area contributed by atoms with Crippen LogP contribution in [-0.4, -0.2) is 24.1 Å². The number of carbonyl (C=O) groups excluding carboxylic acids is 1. The van der Waals surface area contributed by atoms with Gasteiger partial charge in [0.25, 0.3) is 5.91 Å². The van der Waals surface area contributed by atoms with Crippen molar-refractivity contribution < 1.29 is 13.9 Å². The average Bonchev–Trinajstić information content (AvgIpc) is 3.25. The number of hydrogen-bond acceptors (Lipinski definition) is 3. The smallest absolute Gasteiger partial charge is 0.260 e. The second-order valence-electron chi connectivity index (χ2n) is 5.67. The lowest BCUT2D eigenvalue weighted by atomic mass is 10.0. The summed E-state index contributed by atoms with van der Waals surface area (Å²) in [6.07, 6.45) is 2.79. The maximum Gasteiger partial charge on any atom is 0.260 e. The molecule has 1 saturated carbocycles. The van der Waals surface area contributed by atoms with E-state index in [0.717, 1.165) is 19.3 Å². The minimum Gasteiger partial charge on any atom is -0.481 e. The Bertz CT molecular complexity index is 503. The number of hydrogen-bond donors (Lipinski definition) is 2. The third kappa shape index (κ3) is 4.70. The molecule has 2 atom stereocenters. The Kier molecular flexibility index (Phi) is 5.17. The zero-order chi connectivity index (χ0) is 15.4. The van der Waals surface area contributed by atoms with Crippen LogP contribution < -0.4 is 15.8 Å². The molecular formula is C16H23FN2O2. The van der Waals surface area contributed by atoms with Gasteiger partial charge in [-0.25, -0.2) is 4.39 Å². The highest BCUT2D eigenvalue weighted by atomic mass is 19.1. The van der Waals surface area contributed by atoms with Crippen LogP contribution in [0.4, 0.5) is 4.39 Å². The van der Waals surface area contributed by atoms with Crippen LogP contribution in [0.15, 0.2) is 18.2 Å². The summed E-state index contributed by atoms with van der Waals surface area (Å²) >= 11 is 0. The van der Waals surface area contributed by atoms with Crippen LogP contribution in [0.3, 0.4) is 0 Å². The average molecular weight is 294 g/mol. The van der Waals surface area contributed by atoms with Crippen molar-refractivity contribution in [3.05, 3.63) is 29.6 Å². The SMILES string of the molecule is CCC(N)Cc1cc(F)ccc1OC(C)C(=O)NC1CC1. The molecule has 5 heteroatoms. The summed E-state index contributed by atoms with van der Waals surface area (Å²) in [7, 11) is 0. The number of halogens is 1. The lowest BCUT2D eigenvalue weighted by Gasteiger charge is -2.18. The lowest BCUT2D eigenvalue weighted by Crippen LogP contribution is -2.37. The van der Waals surface area contributed by atoms with E-state index < -0.39 is 6.10 Å². The highest BCUT2D eigenvalue weighted by Gasteiger charge is 2.26. The predicted molar refractivity (Wildman–Crippen MR) is 79.6 cm³/mol. The molecule has 1 aromatic rings. The van der Waals surface area contributed by atoms with Gasteiger partial charge in [0, 0.05) is 12.1 Å². The van der Waals surface area contributed by atoms with E-state index in [9.17, 15) is 9.18 Å². The molecule has 1 amide bonds. The fourth-order valence-electron chi connectivity index (χ4n) is 2.04. The van der Waals surface area contributed by atoms with Crippen molar-refractivity contribution in [3.63, 3.8) is 0 Å². The molecule has 1 fully saturated rings. The topological polar surface area (TPSA) is 64.3 Å². The summed E-state index contributed by atoms with van der Waals surface area (Å²) in [6.45, 7) is 3.68. The number of ether oxygens (including phenoxy) is 1. The van der Waals surface area contributed by atoms with Crippen LogP contribution in [0.1, 0.15) is 38.7 Å². The molecule has 0 saturated heterocycles. The van der Waals surface area contributed by atoms with Crippen molar-refractivity contribution in [1.82, 2.24) is 5.32 Å². The molecule has 0 aliphatic heterocycles. The highest BCUT2D eigenvalue weighted by molar-refractivity contribution is 5.81. The van der Waals surface area contributed by atoms with Crippen molar-refractivity contribution in [2.75, 3.05) is 0 Å². The first-order valence-corrected chi connectivity index (χ1v) is 7.50. The molecule has 21 heavy (non-hydrogen) atoms. The van der Waals surface area contributed by atoms with Crippen LogP contribution >= 0.6 is 0 Å². The van der Waals surface area contributed by atoms with Crippen molar-refractivity contribution in [2.24, 2.45) is 5.73 Å². The maximum atomic E-state index is 13.4. The van der Waals surface area contributed by atoms with Gasteiger partial charge in [0.05, 0.1) is 0 Å². The normalized spacial score (nSPS) is 17.1. The summed E-state index contributed by atoms with van der Waals surface area (Å²) in [5.74, 6) is 0.0713. The summed E-state index contributed by atoms with van der Waals surface area (Å²) < 4.78 is 19.1. The monoisotopic (exact) mass is 294 g/mol. The fourth-order valence-corrected chi connectivity index (χ4v) is 2.04. The van der Waals surface area contributed by atoms with Crippen LogP contribution in [0, 0.1) is 5.82 Å². The number of rotatable bonds is 7. The first kappa shape index (κ1) is 15.8. The molecule has 0 spiro atoms. The molecule has 0 aromatic heterocycles.